The van der Waals surface area contributed by atoms with Crippen molar-refractivity contribution < 1.29 is 4.79 Å². The molecule has 1 saturated heterocycles. The summed E-state index contributed by atoms with van der Waals surface area (Å²) in [6.07, 6.45) is 6.07. The highest BCUT2D eigenvalue weighted by molar-refractivity contribution is 5.81. The van der Waals surface area contributed by atoms with Crippen LogP contribution in [0.5, 0.6) is 0 Å². The van der Waals surface area contributed by atoms with Crippen molar-refractivity contribution in [1.82, 2.24) is 14.8 Å². The molecule has 21 heavy (non-hydrogen) atoms. The van der Waals surface area contributed by atoms with Crippen LogP contribution in [-0.2, 0) is 18.4 Å². The van der Waals surface area contributed by atoms with Gasteiger partial charge in [0, 0.05) is 44.4 Å². The fourth-order valence-electron chi connectivity index (χ4n) is 2.93. The maximum atomic E-state index is 11.8. The average Bonchev–Trinajstić information content (AvgIpc) is 3.28. The molecule has 0 radical (unpaired) electrons. The third-order valence-corrected chi connectivity index (χ3v) is 4.37. The monoisotopic (exact) mass is 289 g/mol. The minimum atomic E-state index is 0.0306. The van der Waals surface area contributed by atoms with E-state index in [2.05, 4.69) is 10.2 Å². The molecule has 1 aromatic rings. The lowest BCUT2D eigenvalue weighted by Crippen LogP contribution is -2.47. The molecule has 0 aromatic carbocycles. The van der Waals surface area contributed by atoms with Gasteiger partial charge in [-0.3, -0.25) is 14.5 Å². The Hall–Kier alpha value is -1.62. The highest BCUT2D eigenvalue weighted by atomic mass is 16.2. The lowest BCUT2D eigenvalue weighted by atomic mass is 10.0. The number of hydrogen-bond donors (Lipinski definition) is 1. The maximum Gasteiger partial charge on any atom is 0.250 e. The van der Waals surface area contributed by atoms with Crippen molar-refractivity contribution in [3.8, 4) is 0 Å². The molecule has 5 heteroatoms. The Morgan fingerprint density at radius 1 is 1.38 bits per heavy atom. The summed E-state index contributed by atoms with van der Waals surface area (Å²) >= 11 is 0. The molecule has 0 spiro atoms. The molecule has 3 rings (SSSR count). The molecule has 114 valence electrons. The van der Waals surface area contributed by atoms with Gasteiger partial charge in [0.1, 0.15) is 0 Å². The Balaban J connectivity index is 1.56. The number of hydrogen-bond acceptors (Lipinski definition) is 3. The van der Waals surface area contributed by atoms with Gasteiger partial charge >= 0.3 is 0 Å². The summed E-state index contributed by atoms with van der Waals surface area (Å²) in [5.74, 6) is 0.507. The molecular weight excluding hydrogens is 266 g/mol. The number of amides is 1. The van der Waals surface area contributed by atoms with Gasteiger partial charge in [-0.2, -0.15) is 0 Å². The van der Waals surface area contributed by atoms with Crippen LogP contribution in [0.1, 0.15) is 31.2 Å². The molecular formula is C16H23N3O2. The van der Waals surface area contributed by atoms with Crippen molar-refractivity contribution in [2.45, 2.75) is 38.3 Å². The highest BCUT2D eigenvalue weighted by Gasteiger charge is 2.31. The second-order valence-electron chi connectivity index (χ2n) is 6.34. The second-order valence-corrected chi connectivity index (χ2v) is 6.34. The number of rotatable bonds is 4. The zero-order chi connectivity index (χ0) is 14.8. The van der Waals surface area contributed by atoms with Crippen molar-refractivity contribution in [3.05, 3.63) is 34.2 Å². The fourth-order valence-corrected chi connectivity index (χ4v) is 2.93. The largest absolute Gasteiger partial charge is 0.352 e. The first-order chi connectivity index (χ1) is 10.1. The van der Waals surface area contributed by atoms with E-state index in [4.69, 9.17) is 0 Å². The third-order valence-electron chi connectivity index (χ3n) is 4.37. The van der Waals surface area contributed by atoms with Crippen molar-refractivity contribution in [3.63, 3.8) is 0 Å². The molecule has 0 bridgehead atoms. The minimum absolute atomic E-state index is 0.0306. The van der Waals surface area contributed by atoms with E-state index in [-0.39, 0.29) is 23.4 Å². The van der Waals surface area contributed by atoms with Crippen LogP contribution < -0.4 is 10.9 Å². The lowest BCUT2D eigenvalue weighted by molar-refractivity contribution is -0.123. The summed E-state index contributed by atoms with van der Waals surface area (Å²) in [6.45, 7) is 2.70. The van der Waals surface area contributed by atoms with E-state index < -0.39 is 0 Å². The molecule has 2 heterocycles. The topological polar surface area (TPSA) is 54.3 Å². The van der Waals surface area contributed by atoms with Crippen LogP contribution in [0.4, 0.5) is 0 Å². The van der Waals surface area contributed by atoms with Gasteiger partial charge in [0.2, 0.25) is 5.91 Å². The van der Waals surface area contributed by atoms with Crippen LogP contribution in [0.25, 0.3) is 0 Å². The van der Waals surface area contributed by atoms with Crippen molar-refractivity contribution in [1.29, 1.82) is 0 Å². The summed E-state index contributed by atoms with van der Waals surface area (Å²) in [5, 5.41) is 3.17. The average molecular weight is 289 g/mol. The Labute approximate surface area is 124 Å². The number of piperidine rings is 1. The van der Waals surface area contributed by atoms with Gasteiger partial charge in [0.25, 0.3) is 5.56 Å². The van der Waals surface area contributed by atoms with Crippen molar-refractivity contribution in [2.75, 3.05) is 13.1 Å². The number of carbonyl (C=O) groups is 1. The molecule has 1 unspecified atom stereocenters. The van der Waals surface area contributed by atoms with Crippen LogP contribution in [0, 0.1) is 5.92 Å². The number of pyridine rings is 1. The first kappa shape index (κ1) is 14.3. The minimum Gasteiger partial charge on any atom is -0.352 e. The Morgan fingerprint density at radius 2 is 2.19 bits per heavy atom. The van der Waals surface area contributed by atoms with E-state index in [1.165, 1.54) is 0 Å². The van der Waals surface area contributed by atoms with Crippen molar-refractivity contribution >= 4 is 5.91 Å². The van der Waals surface area contributed by atoms with E-state index in [1.807, 2.05) is 12.3 Å². The third kappa shape index (κ3) is 3.73. The number of carbonyl (C=O) groups excluding carboxylic acids is 1. The van der Waals surface area contributed by atoms with Gasteiger partial charge in [-0.1, -0.05) is 0 Å². The smallest absolute Gasteiger partial charge is 0.250 e. The van der Waals surface area contributed by atoms with Gasteiger partial charge in [-0.15, -0.1) is 0 Å². The van der Waals surface area contributed by atoms with Gasteiger partial charge in [0.05, 0.1) is 0 Å². The number of nitrogens with zero attached hydrogens (tertiary/aromatic N) is 2. The molecule has 1 amide bonds. The van der Waals surface area contributed by atoms with Crippen LogP contribution in [-0.4, -0.2) is 34.5 Å². The van der Waals surface area contributed by atoms with Gasteiger partial charge < -0.3 is 9.88 Å². The highest BCUT2D eigenvalue weighted by Crippen LogP contribution is 2.29. The quantitative estimate of drug-likeness (QED) is 0.895. The summed E-state index contributed by atoms with van der Waals surface area (Å²) in [5.41, 5.74) is 1.08. The normalized spacial score (nSPS) is 23.0. The van der Waals surface area contributed by atoms with Crippen LogP contribution in [0.3, 0.4) is 0 Å². The molecule has 1 saturated carbocycles. The first-order valence-corrected chi connectivity index (χ1v) is 7.80. The van der Waals surface area contributed by atoms with E-state index >= 15 is 0 Å². The number of nitrogens with one attached hydrogen (secondary N) is 1. The molecule has 2 fully saturated rings. The number of aromatic nitrogens is 1. The predicted molar refractivity (Wildman–Crippen MR) is 80.8 cm³/mol. The molecule has 1 atom stereocenters. The fraction of sp³-hybridized carbons (Fsp3) is 0.625. The summed E-state index contributed by atoms with van der Waals surface area (Å²) in [7, 11) is 1.76. The molecule has 1 aliphatic heterocycles. The summed E-state index contributed by atoms with van der Waals surface area (Å²) in [4.78, 5) is 25.8. The van der Waals surface area contributed by atoms with E-state index in [9.17, 15) is 9.59 Å². The second kappa shape index (κ2) is 6.02. The van der Waals surface area contributed by atoms with E-state index in [1.54, 1.807) is 17.7 Å². The standard InChI is InChI=1S/C16H23N3O2/c1-18-8-6-12(9-15(18)20)10-19-7-2-3-14(11-19)17-16(21)13-4-5-13/h6,8-9,13-14H,2-5,7,10-11H2,1H3,(H,17,21). The maximum absolute atomic E-state index is 11.8. The SMILES string of the molecule is Cn1ccc(CN2CCCC(NC(=O)C3CC3)C2)cc1=O. The van der Waals surface area contributed by atoms with Crippen LogP contribution >= 0.6 is 0 Å². The Kier molecular flexibility index (Phi) is 4.10. The summed E-state index contributed by atoms with van der Waals surface area (Å²) in [6, 6.07) is 3.96. The number of likely N-dealkylation sites (tertiary alicyclic amines) is 1. The van der Waals surface area contributed by atoms with Crippen molar-refractivity contribution in [2.24, 2.45) is 13.0 Å². The van der Waals surface area contributed by atoms with E-state index in [0.717, 1.165) is 50.9 Å². The Morgan fingerprint density at radius 3 is 2.90 bits per heavy atom. The molecule has 1 aliphatic carbocycles. The molecule has 2 aliphatic rings. The Bertz CT molecular complexity index is 577. The molecule has 5 nitrogen and oxygen atoms in total. The van der Waals surface area contributed by atoms with Gasteiger partial charge in [0.15, 0.2) is 0 Å². The van der Waals surface area contributed by atoms with E-state index in [0.29, 0.717) is 0 Å². The zero-order valence-corrected chi connectivity index (χ0v) is 12.5. The predicted octanol–water partition coefficient (Wildman–Crippen LogP) is 0.876. The van der Waals surface area contributed by atoms with Crippen LogP contribution in [0.2, 0.25) is 0 Å². The lowest BCUT2D eigenvalue weighted by Gasteiger charge is -2.33. The molecule has 1 aromatic heterocycles. The van der Waals surface area contributed by atoms with Gasteiger partial charge in [-0.25, -0.2) is 0 Å². The first-order valence-electron chi connectivity index (χ1n) is 7.80. The zero-order valence-electron chi connectivity index (χ0n) is 12.5. The van der Waals surface area contributed by atoms with Gasteiger partial charge in [-0.05, 0) is 43.9 Å². The summed E-state index contributed by atoms with van der Waals surface area (Å²) < 4.78 is 1.58. The molecule has 1 N–H and O–H groups in total. The number of aryl methyl sites for hydroxylation is 1. The van der Waals surface area contributed by atoms with Crippen LogP contribution in [0.15, 0.2) is 23.1 Å².